The molecule has 9 atom stereocenters. The highest BCUT2D eigenvalue weighted by Crippen LogP contribution is 2.61. The van der Waals surface area contributed by atoms with E-state index in [2.05, 4.69) is 216 Å². The van der Waals surface area contributed by atoms with E-state index in [9.17, 15) is 0 Å². The predicted molar refractivity (Wildman–Crippen MR) is 438 cm³/mol. The first-order valence-electron chi connectivity index (χ1n) is 31.7. The van der Waals surface area contributed by atoms with Crippen molar-refractivity contribution in [3.8, 4) is 0 Å². The van der Waals surface area contributed by atoms with Crippen LogP contribution in [0.1, 0.15) is 6.42 Å². The van der Waals surface area contributed by atoms with Crippen LogP contribution in [0.4, 0.5) is 0 Å². The zero-order chi connectivity index (χ0) is 68.6. The summed E-state index contributed by atoms with van der Waals surface area (Å²) in [6, 6.07) is 1.04. The van der Waals surface area contributed by atoms with Crippen molar-refractivity contribution in [1.82, 2.24) is 0 Å². The SMILES string of the molecule is C[Si](C)(Cl)O[Si]1(C)CCC([Si](C)(C)O[Si]2(C)C[Si](C)(O[Si](C)(C)C3[Si](C)(O[Si](C)(C)Cl)C[Si](C)(O[Si](C)(C)Cl)C[Si]3(C)O[Si](C)(C)Cl)C[Si](C)(O[Si](C)(C)C3[Si](C)(O[Si](C)(C)Cl)C[Si](C)(O[Si](C)(C)Cl)C[Si]3(C)O[Si](C)(C)Cl)C2)[Si](C)(O[Si](C)(C)Cl)C1. The van der Waals surface area contributed by atoms with Crippen LogP contribution in [-0.4, -0.2) is 177 Å². The molecule has 41 heteroatoms. The first-order valence-corrected chi connectivity index (χ1v) is 102. The lowest BCUT2D eigenvalue weighted by molar-refractivity contribution is 0.465. The molecular weight excluding hydrogens is 1630 g/mol. The Balaban J connectivity index is 2.09. The molecule has 4 saturated heterocycles. The highest BCUT2D eigenvalue weighted by molar-refractivity contribution is 7.31. The molecule has 0 aromatic carbocycles. The van der Waals surface area contributed by atoms with E-state index in [-0.39, 0.29) is 9.58 Å². The lowest BCUT2D eigenvalue weighted by Crippen LogP contribution is -2.78. The highest BCUT2D eigenvalue weighted by Gasteiger charge is 2.74. The molecule has 4 fully saturated rings. The van der Waals surface area contributed by atoms with E-state index in [1.807, 2.05) is 0 Å². The fourth-order valence-corrected chi connectivity index (χ4v) is 225. The van der Waals surface area contributed by atoms with Crippen LogP contribution in [-0.2, 0) is 45.3 Å². The Morgan fingerprint density at radius 3 is 0.644 bits per heavy atom. The summed E-state index contributed by atoms with van der Waals surface area (Å²) in [6.45, 7) is 76.4. The Morgan fingerprint density at radius 2 is 0.414 bits per heavy atom. The second kappa shape index (κ2) is 27.4. The van der Waals surface area contributed by atoms with E-state index in [1.165, 1.54) is 0 Å². The monoisotopic (exact) mass is 1750 g/mol. The van der Waals surface area contributed by atoms with Crippen LogP contribution >= 0.6 is 88.6 Å². The van der Waals surface area contributed by atoms with E-state index in [1.54, 1.807) is 0 Å². The van der Waals surface area contributed by atoms with Crippen LogP contribution in [0, 0.1) is 0 Å². The van der Waals surface area contributed by atoms with Crippen molar-refractivity contribution in [3.05, 3.63) is 0 Å². The topological polar surface area (TPSA) is 102 Å². The number of hydrogen-bond acceptors (Lipinski definition) is 11. The average molecular weight is 1750 g/mol. The van der Waals surface area contributed by atoms with Gasteiger partial charge in [0.25, 0.3) is 61.0 Å². The molecule has 0 amide bonds. The fourth-order valence-electron chi connectivity index (χ4n) is 20.6. The molecule has 4 aliphatic rings. The first kappa shape index (κ1) is 86.1. The summed E-state index contributed by atoms with van der Waals surface area (Å²) in [5, 5.41) is 0.302. The van der Waals surface area contributed by atoms with Gasteiger partial charge >= 0.3 is 0 Å². The minimum absolute atomic E-state index is 0.0992. The largest absolute Gasteiger partial charge is 0.456 e. The van der Waals surface area contributed by atoms with Gasteiger partial charge in [-0.2, -0.15) is 0 Å². The summed E-state index contributed by atoms with van der Waals surface area (Å²) in [5.41, 5.74) is 7.40. The molecule has 4 rings (SSSR count). The molecule has 0 bridgehead atoms. The second-order valence-corrected chi connectivity index (χ2v) is 149. The van der Waals surface area contributed by atoms with E-state index in [0.29, 0.717) is 5.16 Å². The van der Waals surface area contributed by atoms with Crippen molar-refractivity contribution in [2.45, 2.75) is 289 Å². The Kier molecular flexibility index (Phi) is 27.1. The van der Waals surface area contributed by atoms with Crippen LogP contribution in [0.15, 0.2) is 0 Å². The van der Waals surface area contributed by atoms with Gasteiger partial charge in [0.2, 0.25) is 0 Å². The average Bonchev–Trinajstić information content (AvgIpc) is 0.729. The molecule has 0 saturated carbocycles. The summed E-state index contributed by atoms with van der Waals surface area (Å²) < 4.78 is 85.7. The third kappa shape index (κ3) is 25.0. The van der Waals surface area contributed by atoms with Crippen LogP contribution in [0.25, 0.3) is 0 Å². The third-order valence-electron chi connectivity index (χ3n) is 17.6. The molecule has 4 heterocycles. The summed E-state index contributed by atoms with van der Waals surface area (Å²) in [7, 11) is -59.3. The van der Waals surface area contributed by atoms with Crippen molar-refractivity contribution < 1.29 is 45.3 Å². The second-order valence-electron chi connectivity index (χ2n) is 35.5. The molecule has 0 spiro atoms. The lowest BCUT2D eigenvalue weighted by atomic mass is 10.5. The predicted octanol–water partition coefficient (Wildman–Crippen LogP) is 21.2. The van der Waals surface area contributed by atoms with Gasteiger partial charge in [0, 0.05) is 9.58 Å². The molecule has 9 unspecified atom stereocenters. The van der Waals surface area contributed by atoms with Gasteiger partial charge in [0.05, 0.1) is 0 Å². The Bertz CT molecular complexity index is 2250. The molecule has 516 valence electrons. The normalized spacial score (nSPS) is 39.8. The van der Waals surface area contributed by atoms with Crippen LogP contribution < -0.4 is 0 Å². The molecule has 0 radical (unpaired) electrons. The van der Waals surface area contributed by atoms with Gasteiger partial charge in [-0.15, -0.1) is 88.6 Å². The van der Waals surface area contributed by atoms with E-state index in [4.69, 9.17) is 134 Å². The van der Waals surface area contributed by atoms with Gasteiger partial charge < -0.3 is 45.3 Å². The summed E-state index contributed by atoms with van der Waals surface area (Å²) in [4.78, 5) is 0.198. The molecule has 87 heavy (non-hydrogen) atoms. The van der Waals surface area contributed by atoms with Crippen molar-refractivity contribution >= 4 is 266 Å². The zero-order valence-corrected chi connectivity index (χ0v) is 88.4. The molecule has 0 aromatic heterocycles. The van der Waals surface area contributed by atoms with E-state index < -0.39 is 177 Å². The lowest BCUT2D eigenvalue weighted by Gasteiger charge is -2.63. The fraction of sp³-hybridized carbons (Fsp3) is 1.00. The maximum atomic E-state index is 8.68. The van der Waals surface area contributed by atoms with Crippen molar-refractivity contribution in [2.24, 2.45) is 0 Å². The van der Waals surface area contributed by atoms with Gasteiger partial charge in [0.1, 0.15) is 0 Å². The zero-order valence-electron chi connectivity index (χ0n) is 60.3. The van der Waals surface area contributed by atoms with Gasteiger partial charge in [-0.3, -0.25) is 0 Å². The summed E-state index contributed by atoms with van der Waals surface area (Å²) in [6.07, 6.45) is 1.02. The molecule has 4 aliphatic heterocycles. The Morgan fingerprint density at radius 1 is 0.230 bits per heavy atom. The van der Waals surface area contributed by atoms with Gasteiger partial charge in [-0.05, 0) is 273 Å². The highest BCUT2D eigenvalue weighted by atomic mass is 35.6. The summed E-state index contributed by atoms with van der Waals surface area (Å²) in [5.74, 6) is 0. The van der Waals surface area contributed by atoms with Crippen LogP contribution in [0.3, 0.4) is 0 Å². The maximum Gasteiger partial charge on any atom is 0.274 e. The van der Waals surface area contributed by atoms with Gasteiger partial charge in [0.15, 0.2) is 116 Å². The molecule has 11 nitrogen and oxygen atoms in total. The van der Waals surface area contributed by atoms with Gasteiger partial charge in [-0.1, -0.05) is 6.42 Å². The number of halogens is 8. The van der Waals surface area contributed by atoms with Crippen LogP contribution in [0.5, 0.6) is 0 Å². The van der Waals surface area contributed by atoms with Crippen molar-refractivity contribution in [1.29, 1.82) is 0 Å². The molecule has 0 N–H and O–H groups in total. The Labute approximate surface area is 593 Å². The van der Waals surface area contributed by atoms with Gasteiger partial charge in [-0.25, -0.2) is 0 Å². The standard InChI is InChI=1S/C46H122Cl8O11Si22/c1-66(2,44-34-35-77(23,58-69(7,8)47)39-83(44,29)61-72(13,14)50)55-78(24)36-79(25,56-67(3,4)45-84(30,62-73(15,16)51)40-81(27,59-70(9,10)48)41-85(45,31)63-74(17,18)52)38-80(26,37-78)57-68(5,6)46-86(32,64-75(19,20)53)42-82(28,60-71(11,12)49)43-87(46,33)65-76(21,22)54/h44-46H,34-43H2,1-33H3. The van der Waals surface area contributed by atoms with E-state index in [0.717, 1.165) is 57.8 Å². The maximum absolute atomic E-state index is 8.68. The van der Waals surface area contributed by atoms with Crippen LogP contribution in [0.2, 0.25) is 282 Å². The summed E-state index contributed by atoms with van der Waals surface area (Å²) >= 11 is 58.9. The first-order chi connectivity index (χ1) is 37.5. The minimum Gasteiger partial charge on any atom is -0.456 e. The van der Waals surface area contributed by atoms with Crippen molar-refractivity contribution in [2.75, 3.05) is 0 Å². The smallest absolute Gasteiger partial charge is 0.274 e. The molecule has 0 aromatic rings. The quantitative estimate of drug-likeness (QED) is 0.0645. The van der Waals surface area contributed by atoms with Crippen molar-refractivity contribution in [3.63, 3.8) is 0 Å². The van der Waals surface area contributed by atoms with E-state index >= 15 is 0 Å². The Hall–Kier alpha value is 6.65. The third-order valence-corrected chi connectivity index (χ3v) is 153. The number of rotatable bonds is 25. The minimum atomic E-state index is -2.92. The molecule has 0 aliphatic carbocycles. The number of hydrogen-bond donors (Lipinski definition) is 0. The molecular formula is C46H122Cl8O11Si22.